The molecule has 0 spiro atoms. The zero-order chi connectivity index (χ0) is 28.2. The summed E-state index contributed by atoms with van der Waals surface area (Å²) in [5.41, 5.74) is 2.66. The molecular formula is C29H39N3O6S. The van der Waals surface area contributed by atoms with E-state index in [1.54, 1.807) is 30.0 Å². The molecule has 9 nitrogen and oxygen atoms in total. The average molecular weight is 558 g/mol. The van der Waals surface area contributed by atoms with Crippen molar-refractivity contribution in [2.45, 2.75) is 53.1 Å². The van der Waals surface area contributed by atoms with Crippen LogP contribution in [-0.2, 0) is 21.4 Å². The Morgan fingerprint density at radius 3 is 2.33 bits per heavy atom. The molecule has 0 N–H and O–H groups in total. The Bertz CT molecular complexity index is 1270. The number of amides is 2. The summed E-state index contributed by atoms with van der Waals surface area (Å²) in [4.78, 5) is 30.5. The molecule has 0 unspecified atom stereocenters. The largest absolute Gasteiger partial charge is 0.454 e. The summed E-state index contributed by atoms with van der Waals surface area (Å²) in [6.45, 7) is 9.15. The van der Waals surface area contributed by atoms with Gasteiger partial charge in [-0.1, -0.05) is 43.7 Å². The van der Waals surface area contributed by atoms with Gasteiger partial charge in [-0.25, -0.2) is 8.42 Å². The Labute approximate surface area is 231 Å². The summed E-state index contributed by atoms with van der Waals surface area (Å²) >= 11 is 0. The van der Waals surface area contributed by atoms with E-state index in [1.807, 2.05) is 49.9 Å². The summed E-state index contributed by atoms with van der Waals surface area (Å²) in [5.74, 6) is 0.945. The third-order valence-corrected chi connectivity index (χ3v) is 9.04. The second kappa shape index (κ2) is 12.4. The SMILES string of the molecule is CCS(=O)(=O)N(CC(=O)N(Cc1ccc(C)cc1)C1CCN(C(=O)c2ccc3c(c2)OCO3)CC1)CC(C)C. The minimum Gasteiger partial charge on any atom is -0.454 e. The van der Waals surface area contributed by atoms with E-state index in [2.05, 4.69) is 0 Å². The number of benzene rings is 2. The van der Waals surface area contributed by atoms with Crippen LogP contribution in [0.2, 0.25) is 0 Å². The van der Waals surface area contributed by atoms with Gasteiger partial charge in [-0.05, 0) is 56.4 Å². The van der Waals surface area contributed by atoms with E-state index in [4.69, 9.17) is 9.47 Å². The Hall–Kier alpha value is -3.11. The lowest BCUT2D eigenvalue weighted by molar-refractivity contribution is -0.135. The fourth-order valence-corrected chi connectivity index (χ4v) is 6.21. The van der Waals surface area contributed by atoms with Crippen LogP contribution in [-0.4, -0.2) is 79.1 Å². The average Bonchev–Trinajstić information content (AvgIpc) is 3.40. The molecule has 2 amide bonds. The highest BCUT2D eigenvalue weighted by Gasteiger charge is 2.33. The van der Waals surface area contributed by atoms with Gasteiger partial charge in [0.15, 0.2) is 11.5 Å². The van der Waals surface area contributed by atoms with E-state index in [-0.39, 0.29) is 42.9 Å². The lowest BCUT2D eigenvalue weighted by Gasteiger charge is -2.39. The third kappa shape index (κ3) is 7.10. The van der Waals surface area contributed by atoms with Gasteiger partial charge in [0.2, 0.25) is 22.7 Å². The van der Waals surface area contributed by atoms with Gasteiger partial charge in [-0.15, -0.1) is 0 Å². The number of nitrogens with zero attached hydrogens (tertiary/aromatic N) is 3. The van der Waals surface area contributed by atoms with Crippen molar-refractivity contribution in [2.24, 2.45) is 5.92 Å². The van der Waals surface area contributed by atoms with Crippen molar-refractivity contribution in [1.82, 2.24) is 14.1 Å². The van der Waals surface area contributed by atoms with E-state index in [0.29, 0.717) is 56.1 Å². The normalized spacial score (nSPS) is 15.7. The Balaban J connectivity index is 1.49. The number of ether oxygens (including phenoxy) is 2. The van der Waals surface area contributed by atoms with E-state index in [0.717, 1.165) is 11.1 Å². The first-order valence-electron chi connectivity index (χ1n) is 13.6. The second-order valence-corrected chi connectivity index (χ2v) is 12.9. The van der Waals surface area contributed by atoms with Crippen LogP contribution in [0.25, 0.3) is 0 Å². The molecule has 0 bridgehead atoms. The molecule has 0 aromatic heterocycles. The summed E-state index contributed by atoms with van der Waals surface area (Å²) in [6, 6.07) is 13.1. The molecular weight excluding hydrogens is 518 g/mol. The van der Waals surface area contributed by atoms with Crippen molar-refractivity contribution in [3.8, 4) is 11.5 Å². The fourth-order valence-electron chi connectivity index (χ4n) is 5.01. The minimum absolute atomic E-state index is 0.0503. The molecule has 0 atom stereocenters. The summed E-state index contributed by atoms with van der Waals surface area (Å²) in [7, 11) is -3.53. The number of hydrogen-bond acceptors (Lipinski definition) is 6. The quantitative estimate of drug-likeness (QED) is 0.442. The molecule has 10 heteroatoms. The van der Waals surface area contributed by atoms with Gasteiger partial charge in [-0.2, -0.15) is 4.31 Å². The molecule has 2 aromatic rings. The summed E-state index contributed by atoms with van der Waals surface area (Å²) in [6.07, 6.45) is 1.22. The van der Waals surface area contributed by atoms with Crippen LogP contribution in [0.15, 0.2) is 42.5 Å². The standard InChI is InChI=1S/C29H39N3O6S/c1-5-39(35,36)31(17-21(2)3)19-28(33)32(18-23-8-6-22(4)7-9-23)25-12-14-30(15-13-25)29(34)24-10-11-26-27(16-24)38-20-37-26/h6-11,16,21,25H,5,12-15,17-20H2,1-4H3. The highest BCUT2D eigenvalue weighted by Crippen LogP contribution is 2.33. The number of carbonyl (C=O) groups excluding carboxylic acids is 2. The van der Waals surface area contributed by atoms with Crippen molar-refractivity contribution in [3.63, 3.8) is 0 Å². The monoisotopic (exact) mass is 557 g/mol. The molecule has 1 saturated heterocycles. The van der Waals surface area contributed by atoms with Crippen LogP contribution in [0, 0.1) is 12.8 Å². The van der Waals surface area contributed by atoms with Crippen molar-refractivity contribution < 1.29 is 27.5 Å². The third-order valence-electron chi connectivity index (χ3n) is 7.24. The van der Waals surface area contributed by atoms with E-state index < -0.39 is 10.0 Å². The molecule has 2 aliphatic rings. The van der Waals surface area contributed by atoms with Crippen LogP contribution in [0.5, 0.6) is 11.5 Å². The highest BCUT2D eigenvalue weighted by molar-refractivity contribution is 7.89. The molecule has 2 aromatic carbocycles. The first-order chi connectivity index (χ1) is 18.6. The van der Waals surface area contributed by atoms with Gasteiger partial charge >= 0.3 is 0 Å². The van der Waals surface area contributed by atoms with E-state index >= 15 is 0 Å². The Morgan fingerprint density at radius 2 is 1.69 bits per heavy atom. The number of likely N-dealkylation sites (tertiary alicyclic amines) is 1. The van der Waals surface area contributed by atoms with E-state index in [1.165, 1.54) is 4.31 Å². The summed E-state index contributed by atoms with van der Waals surface area (Å²) in [5, 5.41) is 0. The lowest BCUT2D eigenvalue weighted by Crippen LogP contribution is -2.51. The minimum atomic E-state index is -3.53. The molecule has 0 aliphatic carbocycles. The molecule has 4 rings (SSSR count). The second-order valence-electron chi connectivity index (χ2n) is 10.7. The number of sulfonamides is 1. The molecule has 39 heavy (non-hydrogen) atoms. The van der Waals surface area contributed by atoms with Crippen LogP contribution in [0.3, 0.4) is 0 Å². The number of fused-ring (bicyclic) bond motifs is 1. The van der Waals surface area contributed by atoms with Gasteiger partial charge in [0.05, 0.1) is 12.3 Å². The highest BCUT2D eigenvalue weighted by atomic mass is 32.2. The van der Waals surface area contributed by atoms with E-state index in [9.17, 15) is 18.0 Å². The molecule has 2 aliphatic heterocycles. The fraction of sp³-hybridized carbons (Fsp3) is 0.517. The number of carbonyl (C=O) groups is 2. The lowest BCUT2D eigenvalue weighted by atomic mass is 10.0. The van der Waals surface area contributed by atoms with Crippen LogP contribution in [0.1, 0.15) is 55.1 Å². The van der Waals surface area contributed by atoms with Crippen molar-refractivity contribution in [1.29, 1.82) is 0 Å². The predicted molar refractivity (Wildman–Crippen MR) is 149 cm³/mol. The van der Waals surface area contributed by atoms with Gasteiger partial charge in [0, 0.05) is 37.8 Å². The van der Waals surface area contributed by atoms with Gasteiger partial charge in [-0.3, -0.25) is 9.59 Å². The first kappa shape index (κ1) is 28.9. The first-order valence-corrected chi connectivity index (χ1v) is 15.2. The Morgan fingerprint density at radius 1 is 1.03 bits per heavy atom. The number of hydrogen-bond donors (Lipinski definition) is 0. The van der Waals surface area contributed by atoms with Gasteiger partial charge in [0.25, 0.3) is 5.91 Å². The smallest absolute Gasteiger partial charge is 0.253 e. The van der Waals surface area contributed by atoms with Crippen LogP contribution < -0.4 is 9.47 Å². The maximum atomic E-state index is 13.7. The maximum absolute atomic E-state index is 13.7. The zero-order valence-electron chi connectivity index (χ0n) is 23.3. The van der Waals surface area contributed by atoms with Crippen molar-refractivity contribution in [3.05, 3.63) is 59.2 Å². The van der Waals surface area contributed by atoms with Crippen molar-refractivity contribution in [2.75, 3.05) is 38.7 Å². The number of rotatable bonds is 10. The van der Waals surface area contributed by atoms with Gasteiger partial charge < -0.3 is 19.3 Å². The van der Waals surface area contributed by atoms with Crippen molar-refractivity contribution >= 4 is 21.8 Å². The maximum Gasteiger partial charge on any atom is 0.253 e. The Kier molecular flexibility index (Phi) is 9.17. The molecule has 2 heterocycles. The summed E-state index contributed by atoms with van der Waals surface area (Å²) < 4.78 is 37.7. The van der Waals surface area contributed by atoms with Gasteiger partial charge in [0.1, 0.15) is 0 Å². The predicted octanol–water partition coefficient (Wildman–Crippen LogP) is 3.66. The topological polar surface area (TPSA) is 96.5 Å². The zero-order valence-corrected chi connectivity index (χ0v) is 24.1. The number of piperidine rings is 1. The molecule has 0 radical (unpaired) electrons. The van der Waals surface area contributed by atoms with Crippen LogP contribution >= 0.6 is 0 Å². The molecule has 212 valence electrons. The molecule has 0 saturated carbocycles. The van der Waals surface area contributed by atoms with Crippen LogP contribution in [0.4, 0.5) is 0 Å². The molecule has 1 fully saturated rings. The number of aryl methyl sites for hydroxylation is 1.